The Balaban J connectivity index is 1.78. The van der Waals surface area contributed by atoms with E-state index in [2.05, 4.69) is 12.1 Å². The van der Waals surface area contributed by atoms with Gasteiger partial charge in [0.15, 0.2) is 0 Å². The molecule has 1 atom stereocenters. The predicted molar refractivity (Wildman–Crippen MR) is 116 cm³/mol. The first-order valence-corrected chi connectivity index (χ1v) is 9.71. The molecule has 5 heteroatoms. The number of allylic oxidation sites excluding steroid dienone is 4. The second kappa shape index (κ2) is 6.06. The fraction of sp³-hybridized carbons (Fsp3) is 0.174. The third-order valence-electron chi connectivity index (χ3n) is 5.64. The molecule has 2 N–H and O–H groups in total. The molecule has 4 nitrogen and oxygen atoms in total. The smallest absolute Gasteiger partial charge is 0.262 e. The van der Waals surface area contributed by atoms with Gasteiger partial charge in [-0.3, -0.25) is 9.36 Å². The maximum Gasteiger partial charge on any atom is 0.262 e. The minimum atomic E-state index is -0.704. The highest BCUT2D eigenvalue weighted by Crippen LogP contribution is 2.42. The number of aromatic nitrogens is 2. The van der Waals surface area contributed by atoms with Crippen molar-refractivity contribution in [2.24, 2.45) is 5.73 Å². The fourth-order valence-corrected chi connectivity index (χ4v) is 4.68. The van der Waals surface area contributed by atoms with E-state index in [9.17, 15) is 4.79 Å². The van der Waals surface area contributed by atoms with Gasteiger partial charge in [-0.15, -0.1) is 0 Å². The lowest BCUT2D eigenvalue weighted by atomic mass is 9.84. The molecule has 1 aliphatic heterocycles. The number of nitrogens with two attached hydrogens (primary N) is 1. The number of hydrogen-bond acceptors (Lipinski definition) is 4. The molecule has 2 bridgehead atoms. The molecule has 2 aliphatic rings. The van der Waals surface area contributed by atoms with Gasteiger partial charge in [-0.05, 0) is 30.2 Å². The van der Waals surface area contributed by atoms with E-state index in [-0.39, 0.29) is 5.56 Å². The normalized spacial score (nSPS) is 19.8. The largest absolute Gasteiger partial charge is 0.326 e. The summed E-state index contributed by atoms with van der Waals surface area (Å²) in [6.45, 7) is 2.46. The maximum absolute atomic E-state index is 13.6. The highest BCUT2D eigenvalue weighted by Gasteiger charge is 2.47. The van der Waals surface area contributed by atoms with Crippen LogP contribution in [0.25, 0.3) is 16.5 Å². The molecule has 28 heavy (non-hydrogen) atoms. The average Bonchev–Trinajstić information content (AvgIpc) is 2.82. The lowest BCUT2D eigenvalue weighted by Gasteiger charge is -2.30. The Morgan fingerprint density at radius 2 is 2.00 bits per heavy atom. The van der Waals surface area contributed by atoms with Crippen molar-refractivity contribution in [2.75, 3.05) is 0 Å². The van der Waals surface area contributed by atoms with Gasteiger partial charge in [0.2, 0.25) is 0 Å². The van der Waals surface area contributed by atoms with Crippen molar-refractivity contribution in [3.05, 3.63) is 93.6 Å². The van der Waals surface area contributed by atoms with Crippen LogP contribution in [0.15, 0.2) is 65.5 Å². The Labute approximate surface area is 168 Å². The number of fused-ring (bicyclic) bond motifs is 6. The number of nitrogens with zero attached hydrogens (tertiary/aromatic N) is 2. The summed E-state index contributed by atoms with van der Waals surface area (Å²) in [4.78, 5) is 19.1. The van der Waals surface area contributed by atoms with E-state index in [4.69, 9.17) is 22.9 Å². The van der Waals surface area contributed by atoms with E-state index in [1.807, 2.05) is 55.5 Å². The van der Waals surface area contributed by atoms with Gasteiger partial charge in [0, 0.05) is 18.5 Å². The van der Waals surface area contributed by atoms with Crippen LogP contribution in [-0.2, 0) is 18.5 Å². The molecular weight excluding hydrogens is 366 g/mol. The minimum absolute atomic E-state index is 0.0454. The second-order valence-corrected chi connectivity index (χ2v) is 7.90. The molecular formula is C23H19N3OS. The molecule has 0 saturated carbocycles. The summed E-state index contributed by atoms with van der Waals surface area (Å²) in [5, 5.41) is 0.628. The van der Waals surface area contributed by atoms with Gasteiger partial charge in [0.05, 0.1) is 15.8 Å². The molecule has 2 aromatic carbocycles. The molecule has 0 saturated heterocycles. The van der Waals surface area contributed by atoms with Crippen molar-refractivity contribution in [3.8, 4) is 0 Å². The Morgan fingerprint density at radius 3 is 2.82 bits per heavy atom. The van der Waals surface area contributed by atoms with E-state index >= 15 is 0 Å². The van der Waals surface area contributed by atoms with Gasteiger partial charge >= 0.3 is 0 Å². The summed E-state index contributed by atoms with van der Waals surface area (Å²) in [5.41, 5.74) is 9.84. The molecule has 0 spiro atoms. The summed E-state index contributed by atoms with van der Waals surface area (Å²) in [6.07, 6.45) is 6.58. The molecule has 2 heterocycles. The summed E-state index contributed by atoms with van der Waals surface area (Å²) in [7, 11) is 0. The van der Waals surface area contributed by atoms with Crippen LogP contribution in [-0.4, -0.2) is 14.4 Å². The van der Waals surface area contributed by atoms with E-state index in [0.717, 1.165) is 27.1 Å². The zero-order valence-corrected chi connectivity index (χ0v) is 16.3. The molecule has 3 aromatic rings. The summed E-state index contributed by atoms with van der Waals surface area (Å²) in [5.74, 6) is 0.659. The van der Waals surface area contributed by atoms with Crippen LogP contribution in [0, 0.1) is 6.92 Å². The Hall–Kier alpha value is -2.89. The average molecular weight is 385 g/mol. The molecule has 1 unspecified atom stereocenters. The highest BCUT2D eigenvalue weighted by molar-refractivity contribution is 7.81. The van der Waals surface area contributed by atoms with Crippen LogP contribution < -0.4 is 11.3 Å². The zero-order valence-electron chi connectivity index (χ0n) is 15.5. The van der Waals surface area contributed by atoms with Crippen molar-refractivity contribution in [2.45, 2.75) is 25.4 Å². The van der Waals surface area contributed by atoms with E-state index in [0.29, 0.717) is 29.7 Å². The Kier molecular flexibility index (Phi) is 3.73. The topological polar surface area (TPSA) is 60.9 Å². The van der Waals surface area contributed by atoms with Gasteiger partial charge < -0.3 is 5.73 Å². The SMILES string of the molecule is Cc1ccc2nc3n(c(=O)c2c1)C1(Cc2cccc(CN)c2)C=CC=C3C1=S. The molecule has 5 rings (SSSR count). The Bertz CT molecular complexity index is 1280. The van der Waals surface area contributed by atoms with Crippen molar-refractivity contribution < 1.29 is 0 Å². The molecule has 0 amide bonds. The lowest BCUT2D eigenvalue weighted by Crippen LogP contribution is -2.43. The number of hydrogen-bond donors (Lipinski definition) is 1. The first-order valence-electron chi connectivity index (χ1n) is 9.30. The van der Waals surface area contributed by atoms with E-state index in [1.54, 1.807) is 4.57 Å². The van der Waals surface area contributed by atoms with E-state index < -0.39 is 5.54 Å². The number of benzene rings is 2. The van der Waals surface area contributed by atoms with Crippen molar-refractivity contribution in [1.29, 1.82) is 0 Å². The predicted octanol–water partition coefficient (Wildman–Crippen LogP) is 3.44. The van der Waals surface area contributed by atoms with Crippen molar-refractivity contribution >= 4 is 33.6 Å². The second-order valence-electron chi connectivity index (χ2n) is 7.49. The number of aryl methyl sites for hydroxylation is 1. The quantitative estimate of drug-likeness (QED) is 0.702. The van der Waals surface area contributed by atoms with Gasteiger partial charge in [0.25, 0.3) is 5.56 Å². The number of rotatable bonds is 3. The summed E-state index contributed by atoms with van der Waals surface area (Å²) in [6, 6.07) is 13.9. The molecule has 0 radical (unpaired) electrons. The van der Waals surface area contributed by atoms with Crippen LogP contribution in [0.1, 0.15) is 22.5 Å². The monoisotopic (exact) mass is 385 g/mol. The van der Waals surface area contributed by atoms with Gasteiger partial charge in [-0.1, -0.05) is 66.3 Å². The first kappa shape index (κ1) is 17.2. The molecule has 1 aromatic heterocycles. The third kappa shape index (κ3) is 2.30. The van der Waals surface area contributed by atoms with Crippen LogP contribution in [0.3, 0.4) is 0 Å². The molecule has 138 valence electrons. The van der Waals surface area contributed by atoms with E-state index in [1.165, 1.54) is 0 Å². The van der Waals surface area contributed by atoms with Gasteiger partial charge in [-0.25, -0.2) is 4.98 Å². The summed E-state index contributed by atoms with van der Waals surface area (Å²) >= 11 is 5.87. The lowest BCUT2D eigenvalue weighted by molar-refractivity contribution is 0.497. The van der Waals surface area contributed by atoms with Crippen molar-refractivity contribution in [1.82, 2.24) is 9.55 Å². The minimum Gasteiger partial charge on any atom is -0.326 e. The number of thiocarbonyl (C=S) groups is 1. The van der Waals surface area contributed by atoms with Crippen molar-refractivity contribution in [3.63, 3.8) is 0 Å². The van der Waals surface area contributed by atoms with Gasteiger partial charge in [-0.2, -0.15) is 0 Å². The first-order chi connectivity index (χ1) is 13.5. The highest BCUT2D eigenvalue weighted by atomic mass is 32.1. The van der Waals surface area contributed by atoms with Crippen LogP contribution >= 0.6 is 12.2 Å². The third-order valence-corrected chi connectivity index (χ3v) is 6.21. The summed E-state index contributed by atoms with van der Waals surface area (Å²) < 4.78 is 1.79. The Morgan fingerprint density at radius 1 is 1.18 bits per heavy atom. The molecule has 0 fully saturated rings. The standard InChI is InChI=1S/C23H19N3OS/c1-14-7-8-19-18(10-14)22(27)26-21(25-19)17-6-3-9-23(26,20(17)28)12-15-4-2-5-16(11-15)13-24/h2-11H,12-13,24H2,1H3. The van der Waals surface area contributed by atoms with Gasteiger partial charge in [0.1, 0.15) is 11.4 Å². The molecule has 1 aliphatic carbocycles. The van der Waals surface area contributed by atoms with Crippen LogP contribution in [0.4, 0.5) is 0 Å². The zero-order chi connectivity index (χ0) is 19.5. The van der Waals surface area contributed by atoms with Crippen LogP contribution in [0.5, 0.6) is 0 Å². The van der Waals surface area contributed by atoms with Crippen LogP contribution in [0.2, 0.25) is 0 Å². The fourth-order valence-electron chi connectivity index (χ4n) is 4.29. The maximum atomic E-state index is 13.6.